The number of benzene rings is 2. The van der Waals surface area contributed by atoms with E-state index >= 15 is 0 Å². The molecule has 0 aliphatic carbocycles. The van der Waals surface area contributed by atoms with Crippen LogP contribution in [0.1, 0.15) is 34.6 Å². The zero-order chi connectivity index (χ0) is 25.2. The predicted octanol–water partition coefficient (Wildman–Crippen LogP) is 4.24. The number of carbonyl (C=O) groups excluding carboxylic acids is 2. The van der Waals surface area contributed by atoms with Crippen LogP contribution in [0.2, 0.25) is 0 Å². The molecule has 4 rings (SSSR count). The van der Waals surface area contributed by atoms with Gasteiger partial charge in [0.15, 0.2) is 0 Å². The molecule has 0 bridgehead atoms. The zero-order valence-electron chi connectivity index (χ0n) is 18.6. The van der Waals surface area contributed by atoms with Crippen molar-refractivity contribution in [1.29, 1.82) is 0 Å². The third-order valence-electron chi connectivity index (χ3n) is 5.30. The van der Waals surface area contributed by atoms with Gasteiger partial charge in [-0.3, -0.25) is 9.59 Å². The fourth-order valence-electron chi connectivity index (χ4n) is 3.33. The molecule has 0 aliphatic heterocycles. The molecule has 2 N–H and O–H groups in total. The summed E-state index contributed by atoms with van der Waals surface area (Å²) in [5.41, 5.74) is 0.960. The van der Waals surface area contributed by atoms with Gasteiger partial charge < -0.3 is 10.6 Å². The van der Waals surface area contributed by atoms with Crippen molar-refractivity contribution >= 4 is 23.2 Å². The van der Waals surface area contributed by atoms with Crippen LogP contribution >= 0.6 is 0 Å². The summed E-state index contributed by atoms with van der Waals surface area (Å²) in [6.45, 7) is 3.28. The second-order valence-electron chi connectivity index (χ2n) is 7.68. The highest BCUT2D eigenvalue weighted by molar-refractivity contribution is 6.05. The van der Waals surface area contributed by atoms with E-state index in [1.165, 1.54) is 40.3 Å². The maximum absolute atomic E-state index is 13.0. The Morgan fingerprint density at radius 3 is 2.31 bits per heavy atom. The summed E-state index contributed by atoms with van der Waals surface area (Å²) in [6.07, 6.45) is -0.408. The molecule has 0 fully saturated rings. The Kier molecular flexibility index (Phi) is 6.36. The van der Waals surface area contributed by atoms with E-state index in [2.05, 4.69) is 25.8 Å². The molecular formula is C23H20F3N7O2. The molecule has 0 saturated carbocycles. The van der Waals surface area contributed by atoms with Crippen molar-refractivity contribution < 1.29 is 22.8 Å². The minimum absolute atomic E-state index is 0.191. The summed E-state index contributed by atoms with van der Waals surface area (Å²) in [6, 6.07) is 10.6. The molecular weight excluding hydrogens is 463 g/mol. The summed E-state index contributed by atoms with van der Waals surface area (Å²) in [5.74, 6) is -0.762. The van der Waals surface area contributed by atoms with E-state index in [0.717, 1.165) is 12.1 Å². The van der Waals surface area contributed by atoms with Gasteiger partial charge in [0.05, 0.1) is 28.7 Å². The SMILES string of the molecule is Cc1c(C(=O)Nc2ccc(NC(=O)C(C)n3cncn3)cc2)cnn1-c1cccc(C(F)(F)F)c1. The molecule has 0 aliphatic rings. The van der Waals surface area contributed by atoms with Crippen molar-refractivity contribution in [2.45, 2.75) is 26.1 Å². The van der Waals surface area contributed by atoms with Crippen LogP contribution in [-0.4, -0.2) is 36.4 Å². The number of halogens is 3. The highest BCUT2D eigenvalue weighted by Gasteiger charge is 2.30. The molecule has 1 atom stereocenters. The molecule has 2 aromatic heterocycles. The number of hydrogen-bond acceptors (Lipinski definition) is 5. The third-order valence-corrected chi connectivity index (χ3v) is 5.30. The Morgan fingerprint density at radius 2 is 1.69 bits per heavy atom. The van der Waals surface area contributed by atoms with E-state index in [9.17, 15) is 22.8 Å². The van der Waals surface area contributed by atoms with Crippen molar-refractivity contribution in [1.82, 2.24) is 24.5 Å². The van der Waals surface area contributed by atoms with E-state index in [0.29, 0.717) is 17.1 Å². The summed E-state index contributed by atoms with van der Waals surface area (Å²) in [5, 5.41) is 13.5. The lowest BCUT2D eigenvalue weighted by Crippen LogP contribution is -2.24. The molecule has 1 unspecified atom stereocenters. The number of alkyl halides is 3. The van der Waals surface area contributed by atoms with Gasteiger partial charge >= 0.3 is 6.18 Å². The van der Waals surface area contributed by atoms with Gasteiger partial charge in [-0.1, -0.05) is 6.07 Å². The van der Waals surface area contributed by atoms with Gasteiger partial charge in [-0.25, -0.2) is 14.3 Å². The Morgan fingerprint density at radius 1 is 1.00 bits per heavy atom. The van der Waals surface area contributed by atoms with Crippen LogP contribution in [0, 0.1) is 6.92 Å². The van der Waals surface area contributed by atoms with Crippen LogP contribution in [-0.2, 0) is 11.0 Å². The highest BCUT2D eigenvalue weighted by atomic mass is 19.4. The minimum Gasteiger partial charge on any atom is -0.324 e. The first-order valence-corrected chi connectivity index (χ1v) is 10.4. The number of amides is 2. The summed E-state index contributed by atoms with van der Waals surface area (Å²) in [7, 11) is 0. The lowest BCUT2D eigenvalue weighted by Gasteiger charge is -2.12. The Hall–Kier alpha value is -4.48. The lowest BCUT2D eigenvalue weighted by atomic mass is 10.2. The van der Waals surface area contributed by atoms with E-state index < -0.39 is 23.7 Å². The third kappa shape index (κ3) is 5.21. The van der Waals surface area contributed by atoms with E-state index in [1.807, 2.05) is 0 Å². The van der Waals surface area contributed by atoms with E-state index in [-0.39, 0.29) is 17.2 Å². The van der Waals surface area contributed by atoms with Crippen molar-refractivity contribution in [3.63, 3.8) is 0 Å². The second-order valence-corrected chi connectivity index (χ2v) is 7.68. The number of nitrogens with zero attached hydrogens (tertiary/aromatic N) is 5. The molecule has 2 aromatic carbocycles. The first-order valence-electron chi connectivity index (χ1n) is 10.4. The van der Waals surface area contributed by atoms with Gasteiger partial charge in [-0.2, -0.15) is 23.4 Å². The van der Waals surface area contributed by atoms with E-state index in [1.54, 1.807) is 38.1 Å². The summed E-state index contributed by atoms with van der Waals surface area (Å²) in [4.78, 5) is 28.9. The fraction of sp³-hybridized carbons (Fsp3) is 0.174. The minimum atomic E-state index is -4.49. The Balaban J connectivity index is 1.43. The molecule has 2 amide bonds. The first-order chi connectivity index (χ1) is 16.6. The summed E-state index contributed by atoms with van der Waals surface area (Å²) < 4.78 is 41.8. The molecule has 9 nitrogen and oxygen atoms in total. The number of aromatic nitrogens is 5. The monoisotopic (exact) mass is 483 g/mol. The quantitative estimate of drug-likeness (QED) is 0.427. The molecule has 0 spiro atoms. The number of carbonyl (C=O) groups is 2. The van der Waals surface area contributed by atoms with Crippen molar-refractivity contribution in [3.8, 4) is 5.69 Å². The van der Waals surface area contributed by atoms with Crippen LogP contribution in [0.4, 0.5) is 24.5 Å². The number of rotatable bonds is 6. The second kappa shape index (κ2) is 9.41. The van der Waals surface area contributed by atoms with Gasteiger partial charge in [-0.15, -0.1) is 0 Å². The van der Waals surface area contributed by atoms with Crippen LogP contribution < -0.4 is 10.6 Å². The zero-order valence-corrected chi connectivity index (χ0v) is 18.6. The molecule has 2 heterocycles. The van der Waals surface area contributed by atoms with E-state index in [4.69, 9.17) is 0 Å². The molecule has 4 aromatic rings. The number of hydrogen-bond donors (Lipinski definition) is 2. The first kappa shape index (κ1) is 23.7. The standard InChI is InChI=1S/C23H20F3N7O2/c1-14-20(11-28-33(14)19-5-3-4-16(10-19)23(24,25)26)22(35)31-18-8-6-17(7-9-18)30-21(34)15(2)32-13-27-12-29-32/h3-13,15H,1-2H3,(H,30,34)(H,31,35). The van der Waals surface area contributed by atoms with Gasteiger partial charge in [0.25, 0.3) is 5.91 Å². The highest BCUT2D eigenvalue weighted by Crippen LogP contribution is 2.30. The van der Waals surface area contributed by atoms with Gasteiger partial charge in [-0.05, 0) is 56.3 Å². The van der Waals surface area contributed by atoms with Crippen LogP contribution in [0.3, 0.4) is 0 Å². The van der Waals surface area contributed by atoms with Gasteiger partial charge in [0, 0.05) is 11.4 Å². The fourth-order valence-corrected chi connectivity index (χ4v) is 3.33. The van der Waals surface area contributed by atoms with Crippen molar-refractivity contribution in [2.75, 3.05) is 10.6 Å². The molecule has 0 radical (unpaired) electrons. The van der Waals surface area contributed by atoms with Crippen molar-refractivity contribution in [3.05, 3.63) is 84.2 Å². The average molecular weight is 483 g/mol. The normalized spacial score (nSPS) is 12.3. The molecule has 0 saturated heterocycles. The van der Waals surface area contributed by atoms with Crippen LogP contribution in [0.15, 0.2) is 67.4 Å². The number of nitrogens with one attached hydrogen (secondary N) is 2. The Labute approximate surface area is 197 Å². The Bertz CT molecular complexity index is 1350. The van der Waals surface area contributed by atoms with Crippen LogP contribution in [0.5, 0.6) is 0 Å². The van der Waals surface area contributed by atoms with Crippen molar-refractivity contribution in [2.24, 2.45) is 0 Å². The average Bonchev–Trinajstić information content (AvgIpc) is 3.49. The molecule has 180 valence electrons. The molecule has 12 heteroatoms. The number of anilines is 2. The smallest absolute Gasteiger partial charge is 0.324 e. The van der Waals surface area contributed by atoms with Crippen LogP contribution in [0.25, 0.3) is 5.69 Å². The maximum atomic E-state index is 13.0. The lowest BCUT2D eigenvalue weighted by molar-refractivity contribution is -0.137. The predicted molar refractivity (Wildman–Crippen MR) is 121 cm³/mol. The summed E-state index contributed by atoms with van der Waals surface area (Å²) >= 11 is 0. The largest absolute Gasteiger partial charge is 0.416 e. The topological polar surface area (TPSA) is 107 Å². The van der Waals surface area contributed by atoms with Gasteiger partial charge in [0.2, 0.25) is 5.91 Å². The van der Waals surface area contributed by atoms with Gasteiger partial charge in [0.1, 0.15) is 18.7 Å². The maximum Gasteiger partial charge on any atom is 0.416 e. The molecule has 35 heavy (non-hydrogen) atoms.